The minimum absolute atomic E-state index is 0.309. The largest absolute Gasteiger partial charge is 0.444 e. The van der Waals surface area contributed by atoms with Crippen LogP contribution in [-0.2, 0) is 10.3 Å². The topological polar surface area (TPSA) is 49.8 Å². The van der Waals surface area contributed by atoms with Gasteiger partial charge < -0.3 is 14.7 Å². The van der Waals surface area contributed by atoms with Crippen molar-refractivity contribution in [3.63, 3.8) is 0 Å². The maximum absolute atomic E-state index is 12.0. The molecule has 2 rings (SSSR count). The molecule has 1 N–H and O–H groups in total. The molecule has 1 amide bonds. The summed E-state index contributed by atoms with van der Waals surface area (Å²) in [5.74, 6) is 0. The number of carbonyl (C=O) groups is 1. The van der Waals surface area contributed by atoms with Crippen LogP contribution >= 0.6 is 15.9 Å². The first-order valence-electron chi connectivity index (χ1n) is 7.17. The smallest absolute Gasteiger partial charge is 0.410 e. The van der Waals surface area contributed by atoms with E-state index in [1.165, 1.54) is 0 Å². The van der Waals surface area contributed by atoms with Gasteiger partial charge in [0.2, 0.25) is 0 Å². The molecule has 1 aliphatic heterocycles. The van der Waals surface area contributed by atoms with Crippen LogP contribution in [0.2, 0.25) is 0 Å². The molecular weight excluding hydrogens is 334 g/mol. The quantitative estimate of drug-likeness (QED) is 0.835. The molecule has 0 aromatic heterocycles. The summed E-state index contributed by atoms with van der Waals surface area (Å²) < 4.78 is 6.27. The van der Waals surface area contributed by atoms with Gasteiger partial charge in [0, 0.05) is 17.6 Å². The second-order valence-electron chi connectivity index (χ2n) is 6.48. The number of likely N-dealkylation sites (tertiary alicyclic amines) is 1. The predicted molar refractivity (Wildman–Crippen MR) is 85.1 cm³/mol. The molecule has 21 heavy (non-hydrogen) atoms. The van der Waals surface area contributed by atoms with E-state index in [1.54, 1.807) is 4.90 Å². The van der Waals surface area contributed by atoms with Crippen LogP contribution in [0.1, 0.15) is 39.2 Å². The van der Waals surface area contributed by atoms with Gasteiger partial charge in [0.15, 0.2) is 0 Å². The first-order chi connectivity index (χ1) is 9.71. The SMILES string of the molecule is CC(C)(C)OC(=O)N1CCC(O)(c2ccccc2Br)CC1. The molecule has 0 spiro atoms. The Balaban J connectivity index is 2.03. The van der Waals surface area contributed by atoms with E-state index in [4.69, 9.17) is 4.74 Å². The van der Waals surface area contributed by atoms with Crippen molar-refractivity contribution in [1.29, 1.82) is 0 Å². The standard InChI is InChI=1S/C16H22BrNO3/c1-15(2,3)21-14(19)18-10-8-16(20,9-11-18)12-6-4-5-7-13(12)17/h4-7,20H,8-11H2,1-3H3. The minimum Gasteiger partial charge on any atom is -0.444 e. The fourth-order valence-corrected chi connectivity index (χ4v) is 3.15. The Morgan fingerprint density at radius 1 is 1.29 bits per heavy atom. The number of nitrogens with zero attached hydrogens (tertiary/aromatic N) is 1. The molecule has 1 aliphatic rings. The molecule has 0 aliphatic carbocycles. The zero-order valence-electron chi connectivity index (χ0n) is 12.7. The van der Waals surface area contributed by atoms with Crippen LogP contribution < -0.4 is 0 Å². The van der Waals surface area contributed by atoms with Crippen molar-refractivity contribution in [3.05, 3.63) is 34.3 Å². The molecule has 1 aromatic rings. The van der Waals surface area contributed by atoms with Crippen molar-refractivity contribution in [3.8, 4) is 0 Å². The number of piperidine rings is 1. The Kier molecular flexibility index (Phi) is 4.63. The molecule has 5 heteroatoms. The van der Waals surface area contributed by atoms with Gasteiger partial charge in [-0.25, -0.2) is 4.79 Å². The lowest BCUT2D eigenvalue weighted by atomic mass is 9.84. The Hall–Kier alpha value is -1.07. The van der Waals surface area contributed by atoms with Crippen molar-refractivity contribution in [2.24, 2.45) is 0 Å². The van der Waals surface area contributed by atoms with Crippen LogP contribution in [0, 0.1) is 0 Å². The third-order valence-electron chi connectivity index (χ3n) is 3.62. The van der Waals surface area contributed by atoms with E-state index >= 15 is 0 Å². The molecule has 116 valence electrons. The summed E-state index contributed by atoms with van der Waals surface area (Å²) in [4.78, 5) is 13.7. The molecule has 0 bridgehead atoms. The average Bonchev–Trinajstić information content (AvgIpc) is 2.37. The summed E-state index contributed by atoms with van der Waals surface area (Å²) in [5.41, 5.74) is -0.500. The molecular formula is C16H22BrNO3. The Morgan fingerprint density at radius 2 is 1.86 bits per heavy atom. The predicted octanol–water partition coefficient (Wildman–Crippen LogP) is 3.67. The van der Waals surface area contributed by atoms with E-state index in [1.807, 2.05) is 45.0 Å². The van der Waals surface area contributed by atoms with E-state index in [2.05, 4.69) is 15.9 Å². The number of amides is 1. The van der Waals surface area contributed by atoms with Crippen LogP contribution in [0.15, 0.2) is 28.7 Å². The Bertz CT molecular complexity index is 516. The molecule has 0 unspecified atom stereocenters. The van der Waals surface area contributed by atoms with Gasteiger partial charge in [-0.3, -0.25) is 0 Å². The summed E-state index contributed by atoms with van der Waals surface area (Å²) in [6, 6.07) is 7.69. The number of aliphatic hydroxyl groups is 1. The van der Waals surface area contributed by atoms with Gasteiger partial charge in [0.25, 0.3) is 0 Å². The zero-order chi connectivity index (χ0) is 15.7. The molecule has 0 radical (unpaired) electrons. The van der Waals surface area contributed by atoms with Crippen molar-refractivity contribution < 1.29 is 14.6 Å². The molecule has 4 nitrogen and oxygen atoms in total. The molecule has 1 fully saturated rings. The molecule has 0 atom stereocenters. The molecule has 1 saturated heterocycles. The highest BCUT2D eigenvalue weighted by atomic mass is 79.9. The molecule has 0 saturated carbocycles. The lowest BCUT2D eigenvalue weighted by Crippen LogP contribution is -2.46. The highest BCUT2D eigenvalue weighted by Crippen LogP contribution is 2.37. The first-order valence-corrected chi connectivity index (χ1v) is 7.96. The Labute approximate surface area is 134 Å². The zero-order valence-corrected chi connectivity index (χ0v) is 14.3. The van der Waals surface area contributed by atoms with Crippen molar-refractivity contribution >= 4 is 22.0 Å². The monoisotopic (exact) mass is 355 g/mol. The van der Waals surface area contributed by atoms with Gasteiger partial charge in [-0.05, 0) is 45.2 Å². The third kappa shape index (κ3) is 3.98. The van der Waals surface area contributed by atoms with Crippen molar-refractivity contribution in [2.45, 2.75) is 44.8 Å². The summed E-state index contributed by atoms with van der Waals surface area (Å²) in [7, 11) is 0. The van der Waals surface area contributed by atoms with E-state index in [9.17, 15) is 9.90 Å². The van der Waals surface area contributed by atoms with Gasteiger partial charge in [-0.15, -0.1) is 0 Å². The van der Waals surface area contributed by atoms with E-state index in [0.717, 1.165) is 10.0 Å². The van der Waals surface area contributed by atoms with E-state index in [-0.39, 0.29) is 6.09 Å². The van der Waals surface area contributed by atoms with Crippen LogP contribution in [0.3, 0.4) is 0 Å². The fourth-order valence-electron chi connectivity index (χ4n) is 2.49. The lowest BCUT2D eigenvalue weighted by Gasteiger charge is -2.39. The van der Waals surface area contributed by atoms with Gasteiger partial charge in [-0.1, -0.05) is 34.1 Å². The highest BCUT2D eigenvalue weighted by molar-refractivity contribution is 9.10. The van der Waals surface area contributed by atoms with E-state index in [0.29, 0.717) is 25.9 Å². The van der Waals surface area contributed by atoms with Crippen molar-refractivity contribution in [2.75, 3.05) is 13.1 Å². The van der Waals surface area contributed by atoms with Crippen LogP contribution in [-0.4, -0.2) is 34.8 Å². The number of benzene rings is 1. The van der Waals surface area contributed by atoms with Crippen LogP contribution in [0.4, 0.5) is 4.79 Å². The van der Waals surface area contributed by atoms with Crippen LogP contribution in [0.5, 0.6) is 0 Å². The fraction of sp³-hybridized carbons (Fsp3) is 0.562. The summed E-state index contributed by atoms with van der Waals surface area (Å²) in [6.07, 6.45) is 0.709. The maximum Gasteiger partial charge on any atom is 0.410 e. The summed E-state index contributed by atoms with van der Waals surface area (Å²) in [5, 5.41) is 10.8. The third-order valence-corrected chi connectivity index (χ3v) is 4.31. The number of carbonyl (C=O) groups excluding carboxylic acids is 1. The van der Waals surface area contributed by atoms with E-state index < -0.39 is 11.2 Å². The lowest BCUT2D eigenvalue weighted by molar-refractivity contribution is -0.0360. The normalized spacial score (nSPS) is 18.4. The molecule has 1 aromatic carbocycles. The number of halogens is 1. The minimum atomic E-state index is -0.890. The number of hydrogen-bond acceptors (Lipinski definition) is 3. The average molecular weight is 356 g/mol. The van der Waals surface area contributed by atoms with Gasteiger partial charge in [0.1, 0.15) is 5.60 Å². The number of hydrogen-bond donors (Lipinski definition) is 1. The second-order valence-corrected chi connectivity index (χ2v) is 7.33. The first kappa shape index (κ1) is 16.3. The summed E-state index contributed by atoms with van der Waals surface area (Å²) >= 11 is 3.49. The van der Waals surface area contributed by atoms with Gasteiger partial charge in [-0.2, -0.15) is 0 Å². The molecule has 1 heterocycles. The summed E-state index contributed by atoms with van der Waals surface area (Å²) in [6.45, 7) is 6.55. The van der Waals surface area contributed by atoms with Gasteiger partial charge >= 0.3 is 6.09 Å². The Morgan fingerprint density at radius 3 is 2.38 bits per heavy atom. The van der Waals surface area contributed by atoms with Crippen molar-refractivity contribution in [1.82, 2.24) is 4.90 Å². The maximum atomic E-state index is 12.0. The number of ether oxygens (including phenoxy) is 1. The number of rotatable bonds is 1. The van der Waals surface area contributed by atoms with Gasteiger partial charge in [0.05, 0.1) is 5.60 Å². The van der Waals surface area contributed by atoms with Crippen LogP contribution in [0.25, 0.3) is 0 Å². The second kappa shape index (κ2) is 5.97. The highest BCUT2D eigenvalue weighted by Gasteiger charge is 2.37.